The predicted molar refractivity (Wildman–Crippen MR) is 77.5 cm³/mol. The fraction of sp³-hybridized carbons (Fsp3) is 0.273. The summed E-state index contributed by atoms with van der Waals surface area (Å²) in [4.78, 5) is 3.78. The molecule has 0 aliphatic rings. The van der Waals surface area contributed by atoms with Gasteiger partial charge < -0.3 is 9.26 Å². The van der Waals surface area contributed by atoms with Crippen molar-refractivity contribution < 1.29 is 17.7 Å². The largest absolute Gasteiger partial charge is 0.484 e. The van der Waals surface area contributed by atoms with Gasteiger partial charge >= 0.3 is 0 Å². The minimum Gasteiger partial charge on any atom is -0.484 e. The Hall–Kier alpha value is -1.02. The molecule has 0 amide bonds. The lowest BCUT2D eigenvalue weighted by atomic mass is 10.3. The maximum atomic E-state index is 11.3. The highest BCUT2D eigenvalue weighted by atomic mass is 35.7. The highest BCUT2D eigenvalue weighted by Crippen LogP contribution is 2.35. The number of hydrogen-bond donors (Lipinski definition) is 0. The summed E-state index contributed by atoms with van der Waals surface area (Å²) in [6.45, 7) is 1.88. The summed E-state index contributed by atoms with van der Waals surface area (Å²) in [6, 6.07) is 2.38. The molecule has 0 N–H and O–H groups in total. The van der Waals surface area contributed by atoms with Gasteiger partial charge in [0.15, 0.2) is 6.61 Å². The van der Waals surface area contributed by atoms with E-state index in [0.29, 0.717) is 18.1 Å². The summed E-state index contributed by atoms with van der Waals surface area (Å²) in [5.74, 6) is 1.02. The molecule has 21 heavy (non-hydrogen) atoms. The Balaban J connectivity index is 2.19. The van der Waals surface area contributed by atoms with Gasteiger partial charge in [-0.15, -0.1) is 0 Å². The Morgan fingerprint density at radius 2 is 2.00 bits per heavy atom. The number of halogens is 3. The third kappa shape index (κ3) is 4.00. The quantitative estimate of drug-likeness (QED) is 0.749. The van der Waals surface area contributed by atoms with E-state index >= 15 is 0 Å². The Morgan fingerprint density at radius 1 is 1.29 bits per heavy atom. The van der Waals surface area contributed by atoms with Gasteiger partial charge in [0.25, 0.3) is 9.05 Å². The summed E-state index contributed by atoms with van der Waals surface area (Å²) >= 11 is 11.8. The molecule has 0 bridgehead atoms. The number of aromatic nitrogens is 2. The third-order valence-electron chi connectivity index (χ3n) is 2.42. The Kier molecular flexibility index (Phi) is 4.98. The summed E-state index contributed by atoms with van der Waals surface area (Å²) in [5, 5.41) is 3.67. The van der Waals surface area contributed by atoms with Crippen molar-refractivity contribution in [3.05, 3.63) is 33.9 Å². The van der Waals surface area contributed by atoms with Gasteiger partial charge in [0.05, 0.1) is 10.0 Å². The minimum absolute atomic E-state index is 0.00647. The summed E-state index contributed by atoms with van der Waals surface area (Å²) in [7, 11) is 1.26. The molecule has 0 unspecified atom stereocenters. The maximum Gasteiger partial charge on any atom is 0.262 e. The molecule has 0 radical (unpaired) electrons. The Bertz CT molecular complexity index is 761. The number of nitrogens with zero attached hydrogens (tertiary/aromatic N) is 2. The van der Waals surface area contributed by atoms with Crippen molar-refractivity contribution in [1.82, 2.24) is 10.1 Å². The van der Waals surface area contributed by atoms with E-state index in [4.69, 9.17) is 43.1 Å². The number of aryl methyl sites for hydroxylation is 1. The van der Waals surface area contributed by atoms with Crippen molar-refractivity contribution in [3.8, 4) is 5.75 Å². The van der Waals surface area contributed by atoms with E-state index in [1.807, 2.05) is 6.92 Å². The normalized spacial score (nSPS) is 11.6. The molecule has 2 aromatic rings. The first-order valence-corrected chi connectivity index (χ1v) is 8.75. The van der Waals surface area contributed by atoms with Crippen molar-refractivity contribution in [2.75, 3.05) is 0 Å². The van der Waals surface area contributed by atoms with Crippen molar-refractivity contribution in [2.24, 2.45) is 0 Å². The van der Waals surface area contributed by atoms with Gasteiger partial charge in [-0.2, -0.15) is 4.98 Å². The third-order valence-corrected chi connectivity index (χ3v) is 4.50. The average molecular weight is 372 g/mol. The fourth-order valence-electron chi connectivity index (χ4n) is 1.44. The molecule has 1 aromatic heterocycles. The molecule has 6 nitrogen and oxygen atoms in total. The monoisotopic (exact) mass is 370 g/mol. The van der Waals surface area contributed by atoms with Crippen LogP contribution in [0.3, 0.4) is 0 Å². The molecule has 1 aromatic carbocycles. The van der Waals surface area contributed by atoms with Crippen LogP contribution in [-0.4, -0.2) is 18.6 Å². The van der Waals surface area contributed by atoms with Crippen LogP contribution in [0.1, 0.15) is 18.6 Å². The first-order valence-electron chi connectivity index (χ1n) is 5.69. The number of hydrogen-bond acceptors (Lipinski definition) is 6. The van der Waals surface area contributed by atoms with E-state index in [9.17, 15) is 8.42 Å². The summed E-state index contributed by atoms with van der Waals surface area (Å²) in [6.07, 6.45) is 0.613. The van der Waals surface area contributed by atoms with Crippen LogP contribution in [-0.2, 0) is 22.1 Å². The van der Waals surface area contributed by atoms with E-state index in [1.54, 1.807) is 0 Å². The number of rotatable bonds is 5. The van der Waals surface area contributed by atoms with Crippen molar-refractivity contribution >= 4 is 42.9 Å². The van der Waals surface area contributed by atoms with Crippen LogP contribution in [0.4, 0.5) is 0 Å². The Morgan fingerprint density at radius 3 is 2.57 bits per heavy atom. The lowest BCUT2D eigenvalue weighted by Crippen LogP contribution is -2.00. The maximum absolute atomic E-state index is 11.3. The van der Waals surface area contributed by atoms with Crippen LogP contribution in [0, 0.1) is 0 Å². The smallest absolute Gasteiger partial charge is 0.262 e. The molecule has 2 rings (SSSR count). The van der Waals surface area contributed by atoms with E-state index in [2.05, 4.69) is 10.1 Å². The number of benzene rings is 1. The number of ether oxygens (including phenoxy) is 1. The van der Waals surface area contributed by atoms with E-state index in [-0.39, 0.29) is 27.3 Å². The standard InChI is InChI=1S/C11H9Cl3N2O4S/c1-2-11-15-10(16-20-11)5-19-8-3-7(13)9(4-6(8)12)21(14,17)18/h3-4H,2,5H2,1H3. The van der Waals surface area contributed by atoms with Crippen molar-refractivity contribution in [3.63, 3.8) is 0 Å². The molecule has 0 fully saturated rings. The van der Waals surface area contributed by atoms with Gasteiger partial charge in [-0.05, 0) is 6.07 Å². The van der Waals surface area contributed by atoms with E-state index in [0.717, 1.165) is 6.07 Å². The average Bonchev–Trinajstić information content (AvgIpc) is 2.86. The van der Waals surface area contributed by atoms with Crippen LogP contribution < -0.4 is 4.74 Å². The van der Waals surface area contributed by atoms with E-state index < -0.39 is 9.05 Å². The molecular weight excluding hydrogens is 363 g/mol. The molecule has 0 saturated heterocycles. The molecule has 114 valence electrons. The zero-order chi connectivity index (χ0) is 15.6. The minimum atomic E-state index is -3.98. The van der Waals surface area contributed by atoms with E-state index in [1.165, 1.54) is 6.07 Å². The molecule has 1 heterocycles. The zero-order valence-electron chi connectivity index (χ0n) is 10.6. The van der Waals surface area contributed by atoms with Gasteiger partial charge in [-0.25, -0.2) is 8.42 Å². The second kappa shape index (κ2) is 6.39. The summed E-state index contributed by atoms with van der Waals surface area (Å²) < 4.78 is 32.9. The van der Waals surface area contributed by atoms with Crippen molar-refractivity contribution in [2.45, 2.75) is 24.8 Å². The second-order valence-corrected chi connectivity index (χ2v) is 7.25. The molecule has 0 saturated carbocycles. The first kappa shape index (κ1) is 16.4. The topological polar surface area (TPSA) is 82.3 Å². The van der Waals surface area contributed by atoms with Gasteiger partial charge in [0.2, 0.25) is 11.7 Å². The molecule has 0 aliphatic heterocycles. The van der Waals surface area contributed by atoms with Gasteiger partial charge in [0.1, 0.15) is 10.6 Å². The molecular formula is C11H9Cl3N2O4S. The zero-order valence-corrected chi connectivity index (χ0v) is 13.7. The SMILES string of the molecule is CCc1nc(COc2cc(Cl)c(S(=O)(=O)Cl)cc2Cl)no1. The van der Waals surface area contributed by atoms with Gasteiger partial charge in [-0.1, -0.05) is 35.3 Å². The second-order valence-electron chi connectivity index (χ2n) is 3.90. The van der Waals surface area contributed by atoms with Gasteiger partial charge in [0, 0.05) is 23.2 Å². The lowest BCUT2D eigenvalue weighted by Gasteiger charge is -2.08. The Labute approximate surface area is 135 Å². The molecule has 0 atom stereocenters. The highest BCUT2D eigenvalue weighted by molar-refractivity contribution is 8.13. The fourth-order valence-corrected chi connectivity index (χ4v) is 3.24. The molecule has 10 heteroatoms. The van der Waals surface area contributed by atoms with Gasteiger partial charge in [-0.3, -0.25) is 0 Å². The highest BCUT2D eigenvalue weighted by Gasteiger charge is 2.18. The van der Waals surface area contributed by atoms with Crippen LogP contribution in [0.15, 0.2) is 21.6 Å². The summed E-state index contributed by atoms with van der Waals surface area (Å²) in [5.41, 5.74) is 0. The first-order chi connectivity index (χ1) is 9.81. The lowest BCUT2D eigenvalue weighted by molar-refractivity contribution is 0.285. The van der Waals surface area contributed by atoms with Crippen LogP contribution in [0.2, 0.25) is 10.0 Å². The van der Waals surface area contributed by atoms with Crippen LogP contribution in [0.5, 0.6) is 5.75 Å². The van der Waals surface area contributed by atoms with Crippen LogP contribution in [0.25, 0.3) is 0 Å². The predicted octanol–water partition coefficient (Wildman–Crippen LogP) is 3.45. The molecule has 0 spiro atoms. The van der Waals surface area contributed by atoms with Crippen LogP contribution >= 0.6 is 33.9 Å². The van der Waals surface area contributed by atoms with Crippen molar-refractivity contribution in [1.29, 1.82) is 0 Å². The molecule has 0 aliphatic carbocycles.